The van der Waals surface area contributed by atoms with Gasteiger partial charge < -0.3 is 10.6 Å². The Morgan fingerprint density at radius 1 is 1.24 bits per heavy atom. The van der Waals surface area contributed by atoms with E-state index in [1.165, 1.54) is 12.1 Å². The molecular formula is C18H18FN3O3. The molecule has 2 aromatic carbocycles. The van der Waals surface area contributed by atoms with Crippen molar-refractivity contribution in [3.8, 4) is 0 Å². The van der Waals surface area contributed by atoms with Crippen LogP contribution in [0.1, 0.15) is 31.4 Å². The van der Waals surface area contributed by atoms with Gasteiger partial charge in [0.2, 0.25) is 5.91 Å². The van der Waals surface area contributed by atoms with Crippen LogP contribution in [0.15, 0.2) is 42.5 Å². The summed E-state index contributed by atoms with van der Waals surface area (Å²) >= 11 is 0. The molecule has 1 atom stereocenters. The maximum Gasteiger partial charge on any atom is 0.295 e. The molecule has 130 valence electrons. The van der Waals surface area contributed by atoms with Gasteiger partial charge in [0.1, 0.15) is 11.5 Å². The molecule has 1 amide bonds. The Hall–Kier alpha value is -2.96. The average molecular weight is 343 g/mol. The SMILES string of the molecule is CC(Nc1ccc(F)cc1[N+](=O)[O-])c1ccc(NC(=O)C2CC2)cc1. The Bertz CT molecular complexity index is 804. The lowest BCUT2D eigenvalue weighted by Crippen LogP contribution is -2.13. The topological polar surface area (TPSA) is 84.3 Å². The number of amides is 1. The number of carbonyl (C=O) groups is 1. The highest BCUT2D eigenvalue weighted by Crippen LogP contribution is 2.31. The van der Waals surface area contributed by atoms with E-state index in [2.05, 4.69) is 10.6 Å². The molecule has 3 rings (SSSR count). The highest BCUT2D eigenvalue weighted by Gasteiger charge is 2.29. The first-order valence-corrected chi connectivity index (χ1v) is 8.05. The van der Waals surface area contributed by atoms with Gasteiger partial charge in [0, 0.05) is 17.6 Å². The molecule has 0 saturated heterocycles. The van der Waals surface area contributed by atoms with Crippen LogP contribution >= 0.6 is 0 Å². The van der Waals surface area contributed by atoms with Crippen LogP contribution in [0.3, 0.4) is 0 Å². The fraction of sp³-hybridized carbons (Fsp3) is 0.278. The smallest absolute Gasteiger partial charge is 0.295 e. The minimum Gasteiger partial charge on any atom is -0.373 e. The summed E-state index contributed by atoms with van der Waals surface area (Å²) in [5.41, 5.74) is 1.56. The number of benzene rings is 2. The van der Waals surface area contributed by atoms with E-state index in [-0.39, 0.29) is 29.2 Å². The number of anilines is 2. The van der Waals surface area contributed by atoms with E-state index >= 15 is 0 Å². The number of carbonyl (C=O) groups excluding carboxylic acids is 1. The molecule has 1 aliphatic carbocycles. The predicted molar refractivity (Wildman–Crippen MR) is 92.9 cm³/mol. The van der Waals surface area contributed by atoms with E-state index in [4.69, 9.17) is 0 Å². The minimum absolute atomic E-state index is 0.0425. The van der Waals surface area contributed by atoms with Gasteiger partial charge in [-0.3, -0.25) is 14.9 Å². The molecule has 0 bridgehead atoms. The second-order valence-corrected chi connectivity index (χ2v) is 6.17. The molecule has 6 nitrogen and oxygen atoms in total. The molecule has 1 aliphatic rings. The van der Waals surface area contributed by atoms with Crippen LogP contribution in [0.5, 0.6) is 0 Å². The summed E-state index contributed by atoms with van der Waals surface area (Å²) in [6.45, 7) is 1.85. The normalized spacial score (nSPS) is 14.6. The fourth-order valence-electron chi connectivity index (χ4n) is 2.54. The van der Waals surface area contributed by atoms with Gasteiger partial charge in [-0.05, 0) is 49.6 Å². The predicted octanol–water partition coefficient (Wildman–Crippen LogP) is 4.26. The van der Waals surface area contributed by atoms with Gasteiger partial charge >= 0.3 is 0 Å². The number of halogens is 1. The number of hydrogen-bond acceptors (Lipinski definition) is 4. The van der Waals surface area contributed by atoms with Crippen molar-refractivity contribution in [1.82, 2.24) is 0 Å². The quantitative estimate of drug-likeness (QED) is 0.606. The van der Waals surface area contributed by atoms with Crippen LogP contribution in [0.2, 0.25) is 0 Å². The maximum absolute atomic E-state index is 13.2. The zero-order valence-corrected chi connectivity index (χ0v) is 13.7. The molecule has 0 radical (unpaired) electrons. The van der Waals surface area contributed by atoms with E-state index in [0.29, 0.717) is 0 Å². The minimum atomic E-state index is -0.652. The van der Waals surface area contributed by atoms with Crippen molar-refractivity contribution in [2.75, 3.05) is 10.6 Å². The van der Waals surface area contributed by atoms with Gasteiger partial charge in [-0.25, -0.2) is 4.39 Å². The van der Waals surface area contributed by atoms with Gasteiger partial charge in [-0.15, -0.1) is 0 Å². The lowest BCUT2D eigenvalue weighted by Gasteiger charge is -2.16. The molecule has 0 aliphatic heterocycles. The highest BCUT2D eigenvalue weighted by atomic mass is 19.1. The summed E-state index contributed by atoms with van der Waals surface area (Å²) in [4.78, 5) is 22.2. The van der Waals surface area contributed by atoms with Crippen LogP contribution in [-0.4, -0.2) is 10.8 Å². The van der Waals surface area contributed by atoms with Gasteiger partial charge in [0.05, 0.1) is 11.0 Å². The van der Waals surface area contributed by atoms with Crippen LogP contribution in [0.25, 0.3) is 0 Å². The molecule has 0 aromatic heterocycles. The first kappa shape index (κ1) is 16.9. The summed E-state index contributed by atoms with van der Waals surface area (Å²) in [7, 11) is 0. The molecule has 0 heterocycles. The van der Waals surface area contributed by atoms with Crippen LogP contribution in [0.4, 0.5) is 21.5 Å². The summed E-state index contributed by atoms with van der Waals surface area (Å²) in [6, 6.07) is 10.5. The zero-order valence-electron chi connectivity index (χ0n) is 13.7. The molecule has 1 unspecified atom stereocenters. The van der Waals surface area contributed by atoms with E-state index < -0.39 is 10.7 Å². The summed E-state index contributed by atoms with van der Waals surface area (Å²) in [6.07, 6.45) is 1.89. The summed E-state index contributed by atoms with van der Waals surface area (Å²) in [5, 5.41) is 16.9. The third kappa shape index (κ3) is 4.12. The maximum atomic E-state index is 13.2. The standard InChI is InChI=1S/C18H18FN3O3/c1-11(20-16-9-6-14(19)10-17(16)22(24)25)12-4-7-15(8-5-12)21-18(23)13-2-3-13/h4-11,13,20H,2-3H2,1H3,(H,21,23). The van der Waals surface area contributed by atoms with Gasteiger partial charge in [-0.1, -0.05) is 12.1 Å². The van der Waals surface area contributed by atoms with Crippen molar-refractivity contribution < 1.29 is 14.1 Å². The number of nitrogens with zero attached hydrogens (tertiary/aromatic N) is 1. The molecule has 0 spiro atoms. The monoisotopic (exact) mass is 343 g/mol. The number of nitrogens with one attached hydrogen (secondary N) is 2. The molecule has 2 aromatic rings. The highest BCUT2D eigenvalue weighted by molar-refractivity contribution is 5.94. The van der Waals surface area contributed by atoms with E-state index in [9.17, 15) is 19.3 Å². The van der Waals surface area contributed by atoms with Crippen molar-refractivity contribution in [1.29, 1.82) is 0 Å². The number of hydrogen-bond donors (Lipinski definition) is 2. The molecule has 1 saturated carbocycles. The lowest BCUT2D eigenvalue weighted by atomic mass is 10.1. The van der Waals surface area contributed by atoms with Crippen LogP contribution in [-0.2, 0) is 4.79 Å². The number of nitro groups is 1. The second kappa shape index (κ2) is 6.88. The molecule has 25 heavy (non-hydrogen) atoms. The van der Waals surface area contributed by atoms with Crippen molar-refractivity contribution in [2.24, 2.45) is 5.92 Å². The third-order valence-electron chi connectivity index (χ3n) is 4.15. The van der Waals surface area contributed by atoms with Gasteiger partial charge in [-0.2, -0.15) is 0 Å². The average Bonchev–Trinajstić information content (AvgIpc) is 3.42. The van der Waals surface area contributed by atoms with Crippen molar-refractivity contribution in [3.63, 3.8) is 0 Å². The Kier molecular flexibility index (Phi) is 4.65. The molecular weight excluding hydrogens is 325 g/mol. The Labute approximate surface area is 144 Å². The number of nitro benzene ring substituents is 1. The van der Waals surface area contributed by atoms with Crippen LogP contribution < -0.4 is 10.6 Å². The third-order valence-corrected chi connectivity index (χ3v) is 4.15. The summed E-state index contributed by atoms with van der Waals surface area (Å²) < 4.78 is 13.2. The lowest BCUT2D eigenvalue weighted by molar-refractivity contribution is -0.384. The Morgan fingerprint density at radius 2 is 1.92 bits per heavy atom. The van der Waals surface area contributed by atoms with Gasteiger partial charge in [0.25, 0.3) is 5.69 Å². The molecule has 1 fully saturated rings. The van der Waals surface area contributed by atoms with E-state index in [1.807, 2.05) is 19.1 Å². The molecule has 2 N–H and O–H groups in total. The first-order valence-electron chi connectivity index (χ1n) is 8.05. The largest absolute Gasteiger partial charge is 0.373 e. The summed E-state index contributed by atoms with van der Waals surface area (Å²) in [5.74, 6) is -0.471. The fourth-order valence-corrected chi connectivity index (χ4v) is 2.54. The van der Waals surface area contributed by atoms with E-state index in [0.717, 1.165) is 30.2 Å². The van der Waals surface area contributed by atoms with Crippen molar-refractivity contribution in [3.05, 3.63) is 64.0 Å². The second-order valence-electron chi connectivity index (χ2n) is 6.17. The Morgan fingerprint density at radius 3 is 2.52 bits per heavy atom. The molecule has 7 heteroatoms. The first-order chi connectivity index (χ1) is 11.9. The van der Waals surface area contributed by atoms with Crippen molar-refractivity contribution in [2.45, 2.75) is 25.8 Å². The Balaban J connectivity index is 1.70. The number of rotatable bonds is 6. The van der Waals surface area contributed by atoms with Crippen LogP contribution in [0, 0.1) is 21.8 Å². The van der Waals surface area contributed by atoms with Gasteiger partial charge in [0.15, 0.2) is 0 Å². The van der Waals surface area contributed by atoms with E-state index in [1.54, 1.807) is 12.1 Å². The van der Waals surface area contributed by atoms with Crippen molar-refractivity contribution >= 4 is 23.0 Å². The zero-order chi connectivity index (χ0) is 18.0.